The summed E-state index contributed by atoms with van der Waals surface area (Å²) in [5.74, 6) is -0.103. The largest absolute Gasteiger partial charge is 0.358 e. The monoisotopic (exact) mass is 308 g/mol. The number of rotatable bonds is 6. The van der Waals surface area contributed by atoms with Crippen LogP contribution in [0.1, 0.15) is 31.7 Å². The van der Waals surface area contributed by atoms with Gasteiger partial charge in [-0.3, -0.25) is 9.59 Å². The van der Waals surface area contributed by atoms with Gasteiger partial charge in [-0.15, -0.1) is 0 Å². The van der Waals surface area contributed by atoms with Gasteiger partial charge in [0.15, 0.2) is 0 Å². The Kier molecular flexibility index (Phi) is 4.88. The number of nitrogens with zero attached hydrogens (tertiary/aromatic N) is 1. The van der Waals surface area contributed by atoms with Gasteiger partial charge in [0.25, 0.3) is 0 Å². The normalized spacial score (nSPS) is 15.4. The number of hydrogen-bond acceptors (Lipinski definition) is 2. The Balaban J connectivity index is 2.21. The summed E-state index contributed by atoms with van der Waals surface area (Å²) in [7, 11) is 1.58. The Morgan fingerprint density at radius 1 is 1.38 bits per heavy atom. The molecule has 114 valence electrons. The van der Waals surface area contributed by atoms with Gasteiger partial charge in [-0.1, -0.05) is 30.7 Å². The smallest absolute Gasteiger partial charge is 0.239 e. The average Bonchev–Trinajstić information content (AvgIpc) is 3.27. The van der Waals surface area contributed by atoms with Gasteiger partial charge in [-0.2, -0.15) is 0 Å². The van der Waals surface area contributed by atoms with E-state index in [9.17, 15) is 9.59 Å². The lowest BCUT2D eigenvalue weighted by atomic mass is 9.94. The van der Waals surface area contributed by atoms with Gasteiger partial charge in [-0.25, -0.2) is 0 Å². The average molecular weight is 309 g/mol. The van der Waals surface area contributed by atoms with Crippen LogP contribution < -0.4 is 5.32 Å². The van der Waals surface area contributed by atoms with Crippen molar-refractivity contribution in [2.24, 2.45) is 0 Å². The first-order valence-electron chi connectivity index (χ1n) is 7.29. The van der Waals surface area contributed by atoms with Crippen molar-refractivity contribution in [3.05, 3.63) is 34.9 Å². The lowest BCUT2D eigenvalue weighted by Gasteiger charge is -2.27. The number of likely N-dealkylation sites (N-methyl/N-ethyl adjacent to an activating group) is 1. The Bertz CT molecular complexity index is 541. The first kappa shape index (κ1) is 15.8. The predicted octanol–water partition coefficient (Wildman–Crippen LogP) is 2.36. The fourth-order valence-corrected chi connectivity index (χ4v) is 2.80. The third-order valence-electron chi connectivity index (χ3n) is 3.93. The highest BCUT2D eigenvalue weighted by Crippen LogP contribution is 2.50. The lowest BCUT2D eigenvalue weighted by Crippen LogP contribution is -2.45. The van der Waals surface area contributed by atoms with Crippen LogP contribution in [-0.4, -0.2) is 36.9 Å². The highest BCUT2D eigenvalue weighted by atomic mass is 35.5. The van der Waals surface area contributed by atoms with Crippen LogP contribution in [-0.2, 0) is 15.0 Å². The van der Waals surface area contributed by atoms with Crippen LogP contribution in [0.3, 0.4) is 0 Å². The molecule has 1 aliphatic carbocycles. The summed E-state index contributed by atoms with van der Waals surface area (Å²) in [5.41, 5.74) is 0.478. The van der Waals surface area contributed by atoms with E-state index in [1.807, 2.05) is 25.1 Å². The topological polar surface area (TPSA) is 49.4 Å². The second-order valence-electron chi connectivity index (χ2n) is 5.49. The minimum atomic E-state index is -0.478. The molecule has 0 bridgehead atoms. The van der Waals surface area contributed by atoms with Gasteiger partial charge >= 0.3 is 0 Å². The molecular weight excluding hydrogens is 288 g/mol. The Labute approximate surface area is 130 Å². The van der Waals surface area contributed by atoms with Gasteiger partial charge in [0.1, 0.15) is 0 Å². The molecule has 0 unspecified atom stereocenters. The summed E-state index contributed by atoms with van der Waals surface area (Å²) >= 11 is 6.04. The SMILES string of the molecule is CCCN(CC(=O)NC)C(=O)C1(c2cccc(Cl)c2)CC1. The second-order valence-corrected chi connectivity index (χ2v) is 5.93. The van der Waals surface area contributed by atoms with E-state index in [0.29, 0.717) is 11.6 Å². The quantitative estimate of drug-likeness (QED) is 0.877. The van der Waals surface area contributed by atoms with Gasteiger partial charge < -0.3 is 10.2 Å². The zero-order chi connectivity index (χ0) is 15.5. The Morgan fingerprint density at radius 2 is 2.10 bits per heavy atom. The van der Waals surface area contributed by atoms with Crippen molar-refractivity contribution in [2.45, 2.75) is 31.6 Å². The van der Waals surface area contributed by atoms with Crippen LogP contribution in [0.5, 0.6) is 0 Å². The number of benzene rings is 1. The van der Waals surface area contributed by atoms with Crippen LogP contribution in [0.4, 0.5) is 0 Å². The zero-order valence-corrected chi connectivity index (χ0v) is 13.2. The number of hydrogen-bond donors (Lipinski definition) is 1. The molecule has 2 amide bonds. The molecule has 1 aromatic rings. The highest BCUT2D eigenvalue weighted by molar-refractivity contribution is 6.30. The van der Waals surface area contributed by atoms with Gasteiger partial charge in [0, 0.05) is 18.6 Å². The van der Waals surface area contributed by atoms with E-state index in [4.69, 9.17) is 11.6 Å². The summed E-state index contributed by atoms with van der Waals surface area (Å²) in [6.45, 7) is 2.71. The Hall–Kier alpha value is -1.55. The van der Waals surface area contributed by atoms with E-state index < -0.39 is 5.41 Å². The number of carbonyl (C=O) groups excluding carboxylic acids is 2. The second kappa shape index (κ2) is 6.48. The highest BCUT2D eigenvalue weighted by Gasteiger charge is 2.53. The first-order valence-corrected chi connectivity index (χ1v) is 7.67. The number of amides is 2. The van der Waals surface area contributed by atoms with Crippen LogP contribution in [0, 0.1) is 0 Å². The van der Waals surface area contributed by atoms with E-state index in [0.717, 1.165) is 24.8 Å². The van der Waals surface area contributed by atoms with Crippen molar-refractivity contribution in [1.29, 1.82) is 0 Å². The molecule has 0 spiro atoms. The molecule has 1 aliphatic rings. The van der Waals surface area contributed by atoms with Crippen LogP contribution in [0.2, 0.25) is 5.02 Å². The molecule has 5 heteroatoms. The number of halogens is 1. The van der Waals surface area contributed by atoms with Crippen molar-refractivity contribution in [1.82, 2.24) is 10.2 Å². The maximum Gasteiger partial charge on any atom is 0.239 e. The van der Waals surface area contributed by atoms with Gasteiger partial charge in [0.05, 0.1) is 12.0 Å². The summed E-state index contributed by atoms with van der Waals surface area (Å²) in [6.07, 6.45) is 2.47. The summed E-state index contributed by atoms with van der Waals surface area (Å²) in [4.78, 5) is 26.2. The van der Waals surface area contributed by atoms with E-state index in [1.165, 1.54) is 0 Å². The lowest BCUT2D eigenvalue weighted by molar-refractivity contribution is -0.138. The molecule has 1 N–H and O–H groups in total. The minimum absolute atomic E-state index is 0.0372. The molecule has 0 heterocycles. The fourth-order valence-electron chi connectivity index (χ4n) is 2.61. The molecule has 21 heavy (non-hydrogen) atoms. The third-order valence-corrected chi connectivity index (χ3v) is 4.17. The molecule has 0 aromatic heterocycles. The fraction of sp³-hybridized carbons (Fsp3) is 0.500. The maximum absolute atomic E-state index is 12.9. The van der Waals surface area contributed by atoms with Crippen LogP contribution >= 0.6 is 11.6 Å². The van der Waals surface area contributed by atoms with Gasteiger partial charge in [0.2, 0.25) is 11.8 Å². The van der Waals surface area contributed by atoms with E-state index in [-0.39, 0.29) is 18.4 Å². The molecule has 4 nitrogen and oxygen atoms in total. The van der Waals surface area contributed by atoms with Crippen molar-refractivity contribution < 1.29 is 9.59 Å². The molecule has 0 saturated heterocycles. The van der Waals surface area contributed by atoms with E-state index in [2.05, 4.69) is 5.32 Å². The number of carbonyl (C=O) groups is 2. The van der Waals surface area contributed by atoms with E-state index >= 15 is 0 Å². The molecule has 1 aromatic carbocycles. The zero-order valence-electron chi connectivity index (χ0n) is 12.5. The molecule has 1 saturated carbocycles. The number of nitrogens with one attached hydrogen (secondary N) is 1. The molecular formula is C16H21ClN2O2. The van der Waals surface area contributed by atoms with Crippen molar-refractivity contribution in [2.75, 3.05) is 20.1 Å². The van der Waals surface area contributed by atoms with Gasteiger partial charge in [-0.05, 0) is 37.0 Å². The minimum Gasteiger partial charge on any atom is -0.358 e. The molecule has 2 rings (SSSR count). The summed E-state index contributed by atoms with van der Waals surface area (Å²) in [5, 5.41) is 3.21. The molecule has 0 radical (unpaired) electrons. The summed E-state index contributed by atoms with van der Waals surface area (Å²) in [6, 6.07) is 7.48. The van der Waals surface area contributed by atoms with Crippen molar-refractivity contribution in [3.63, 3.8) is 0 Å². The van der Waals surface area contributed by atoms with Crippen molar-refractivity contribution >= 4 is 23.4 Å². The van der Waals surface area contributed by atoms with Crippen LogP contribution in [0.15, 0.2) is 24.3 Å². The molecule has 1 fully saturated rings. The Morgan fingerprint density at radius 3 is 2.62 bits per heavy atom. The third kappa shape index (κ3) is 3.38. The predicted molar refractivity (Wildman–Crippen MR) is 83.3 cm³/mol. The summed E-state index contributed by atoms with van der Waals surface area (Å²) < 4.78 is 0. The van der Waals surface area contributed by atoms with E-state index in [1.54, 1.807) is 18.0 Å². The standard InChI is InChI=1S/C16H21ClN2O2/c1-3-9-19(11-14(20)18-2)15(21)16(7-8-16)12-5-4-6-13(17)10-12/h4-6,10H,3,7-9,11H2,1-2H3,(H,18,20). The van der Waals surface area contributed by atoms with Crippen molar-refractivity contribution in [3.8, 4) is 0 Å². The van der Waals surface area contributed by atoms with Crippen LogP contribution in [0.25, 0.3) is 0 Å². The maximum atomic E-state index is 12.9. The molecule has 0 atom stereocenters. The molecule has 0 aliphatic heterocycles. The first-order chi connectivity index (χ1) is 10.0.